The lowest BCUT2D eigenvalue weighted by Crippen LogP contribution is -2.36. The zero-order valence-corrected chi connectivity index (χ0v) is 11.1. The van der Waals surface area contributed by atoms with Crippen LogP contribution in [0.25, 0.3) is 0 Å². The van der Waals surface area contributed by atoms with Crippen LogP contribution in [0.2, 0.25) is 0 Å². The number of alkyl halides is 1. The van der Waals surface area contributed by atoms with Crippen molar-refractivity contribution in [3.8, 4) is 0 Å². The van der Waals surface area contributed by atoms with E-state index in [0.717, 1.165) is 31.0 Å². The van der Waals surface area contributed by atoms with Crippen molar-refractivity contribution in [3.63, 3.8) is 0 Å². The number of hydrogen-bond acceptors (Lipinski definition) is 1. The van der Waals surface area contributed by atoms with Crippen molar-refractivity contribution in [2.75, 3.05) is 12.4 Å². The van der Waals surface area contributed by atoms with Crippen LogP contribution in [0.4, 0.5) is 0 Å². The molecule has 0 aromatic heterocycles. The molecule has 0 unspecified atom stereocenters. The molecule has 1 amide bonds. The van der Waals surface area contributed by atoms with E-state index in [1.54, 1.807) is 0 Å². The Kier molecular flexibility index (Phi) is 8.24. The van der Waals surface area contributed by atoms with Gasteiger partial charge in [-0.15, -0.1) is 0 Å². The molecule has 84 valence electrons. The molecule has 0 aromatic carbocycles. The zero-order chi connectivity index (χ0) is 11.0. The topological polar surface area (TPSA) is 20.3 Å². The van der Waals surface area contributed by atoms with Gasteiger partial charge in [-0.25, -0.2) is 0 Å². The molecule has 0 heterocycles. The lowest BCUT2D eigenvalue weighted by Gasteiger charge is -2.26. The molecule has 3 heteroatoms. The first-order chi connectivity index (χ1) is 6.67. The highest BCUT2D eigenvalue weighted by Gasteiger charge is 2.15. The van der Waals surface area contributed by atoms with Gasteiger partial charge in [-0.3, -0.25) is 4.79 Å². The van der Waals surface area contributed by atoms with E-state index < -0.39 is 0 Å². The summed E-state index contributed by atoms with van der Waals surface area (Å²) in [6.07, 6.45) is 4.88. The number of amides is 1. The Morgan fingerprint density at radius 2 is 1.86 bits per heavy atom. The van der Waals surface area contributed by atoms with Crippen molar-refractivity contribution in [2.45, 2.75) is 52.0 Å². The van der Waals surface area contributed by atoms with Crippen molar-refractivity contribution >= 4 is 21.8 Å². The van der Waals surface area contributed by atoms with Crippen molar-refractivity contribution in [1.82, 2.24) is 4.90 Å². The molecule has 0 N–H and O–H groups in total. The zero-order valence-electron chi connectivity index (χ0n) is 9.55. The molecule has 0 fully saturated rings. The summed E-state index contributed by atoms with van der Waals surface area (Å²) < 4.78 is 0. The van der Waals surface area contributed by atoms with Gasteiger partial charge in [0.25, 0.3) is 0 Å². The summed E-state index contributed by atoms with van der Waals surface area (Å²) in [4.78, 5) is 13.6. The van der Waals surface area contributed by atoms with Crippen LogP contribution in [0.15, 0.2) is 0 Å². The second-order valence-corrected chi connectivity index (χ2v) is 4.41. The molecule has 0 rings (SSSR count). The van der Waals surface area contributed by atoms with Crippen LogP contribution in [-0.2, 0) is 4.79 Å². The van der Waals surface area contributed by atoms with Crippen LogP contribution in [0.5, 0.6) is 0 Å². The molecule has 0 atom stereocenters. The van der Waals surface area contributed by atoms with Gasteiger partial charge in [0.2, 0.25) is 5.91 Å². The van der Waals surface area contributed by atoms with Crippen LogP contribution < -0.4 is 0 Å². The minimum atomic E-state index is 0.291. The fourth-order valence-corrected chi connectivity index (χ4v) is 1.98. The highest BCUT2D eigenvalue weighted by molar-refractivity contribution is 9.09. The fourth-order valence-electron chi connectivity index (χ4n) is 1.59. The minimum Gasteiger partial charge on any atom is -0.343 e. The lowest BCUT2D eigenvalue weighted by atomic mass is 10.1. The average Bonchev–Trinajstić information content (AvgIpc) is 2.19. The van der Waals surface area contributed by atoms with E-state index in [2.05, 4.69) is 29.8 Å². The number of carbonyl (C=O) groups excluding carboxylic acids is 1. The third-order valence-electron chi connectivity index (χ3n) is 2.66. The largest absolute Gasteiger partial charge is 0.343 e. The number of hydrogen-bond donors (Lipinski definition) is 0. The van der Waals surface area contributed by atoms with E-state index in [-0.39, 0.29) is 0 Å². The Bertz CT molecular complexity index is 157. The number of halogens is 1. The predicted octanol–water partition coefficient (Wildman–Crippen LogP) is 3.20. The highest BCUT2D eigenvalue weighted by atomic mass is 79.9. The van der Waals surface area contributed by atoms with Crippen molar-refractivity contribution in [2.24, 2.45) is 0 Å². The summed E-state index contributed by atoms with van der Waals surface area (Å²) in [5.41, 5.74) is 0. The summed E-state index contributed by atoms with van der Waals surface area (Å²) in [5, 5.41) is 0.995. The fraction of sp³-hybridized carbons (Fsp3) is 0.909. The van der Waals surface area contributed by atoms with Crippen molar-refractivity contribution < 1.29 is 4.79 Å². The summed E-state index contributed by atoms with van der Waals surface area (Å²) in [6.45, 7) is 4.27. The van der Waals surface area contributed by atoms with Gasteiger partial charge in [0, 0.05) is 24.8 Å². The molecular weight excluding hydrogens is 242 g/mol. The average molecular weight is 264 g/mol. The first kappa shape index (κ1) is 13.9. The van der Waals surface area contributed by atoms with E-state index in [4.69, 9.17) is 0 Å². The van der Waals surface area contributed by atoms with Crippen LogP contribution in [0.1, 0.15) is 46.0 Å². The molecule has 2 nitrogen and oxygen atoms in total. The molecule has 0 bridgehead atoms. The van der Waals surface area contributed by atoms with Gasteiger partial charge < -0.3 is 4.90 Å². The quantitative estimate of drug-likeness (QED) is 0.511. The SMILES string of the molecule is CCC(CC)N(C)C(=O)CCCCBr. The normalized spacial score (nSPS) is 10.6. The van der Waals surface area contributed by atoms with E-state index in [1.165, 1.54) is 0 Å². The highest BCUT2D eigenvalue weighted by Crippen LogP contribution is 2.09. The van der Waals surface area contributed by atoms with Crippen molar-refractivity contribution in [1.29, 1.82) is 0 Å². The summed E-state index contributed by atoms with van der Waals surface area (Å²) >= 11 is 3.37. The molecule has 0 aliphatic carbocycles. The van der Waals surface area contributed by atoms with E-state index in [1.807, 2.05) is 11.9 Å². The first-order valence-corrected chi connectivity index (χ1v) is 6.61. The Morgan fingerprint density at radius 1 is 1.29 bits per heavy atom. The van der Waals surface area contributed by atoms with E-state index in [0.29, 0.717) is 18.4 Å². The van der Waals surface area contributed by atoms with Crippen LogP contribution in [-0.4, -0.2) is 29.2 Å². The Labute approximate surface area is 96.2 Å². The summed E-state index contributed by atoms with van der Waals surface area (Å²) in [6, 6.07) is 0.423. The second-order valence-electron chi connectivity index (χ2n) is 3.62. The minimum absolute atomic E-state index is 0.291. The van der Waals surface area contributed by atoms with Crippen LogP contribution in [0.3, 0.4) is 0 Å². The number of unbranched alkanes of at least 4 members (excludes halogenated alkanes) is 1. The lowest BCUT2D eigenvalue weighted by molar-refractivity contribution is -0.132. The molecule has 0 radical (unpaired) electrons. The smallest absolute Gasteiger partial charge is 0.222 e. The maximum Gasteiger partial charge on any atom is 0.222 e. The molecular formula is C11H22BrNO. The number of nitrogens with zero attached hydrogens (tertiary/aromatic N) is 1. The molecule has 0 aliphatic heterocycles. The van der Waals surface area contributed by atoms with Crippen molar-refractivity contribution in [3.05, 3.63) is 0 Å². The third kappa shape index (κ3) is 4.99. The number of carbonyl (C=O) groups is 1. The van der Waals surface area contributed by atoms with Gasteiger partial charge >= 0.3 is 0 Å². The summed E-state index contributed by atoms with van der Waals surface area (Å²) in [5.74, 6) is 0.291. The summed E-state index contributed by atoms with van der Waals surface area (Å²) in [7, 11) is 1.92. The van der Waals surface area contributed by atoms with E-state index >= 15 is 0 Å². The molecule has 0 saturated heterocycles. The van der Waals surface area contributed by atoms with Crippen LogP contribution >= 0.6 is 15.9 Å². The first-order valence-electron chi connectivity index (χ1n) is 5.48. The van der Waals surface area contributed by atoms with E-state index in [9.17, 15) is 4.79 Å². The Balaban J connectivity index is 3.84. The van der Waals surface area contributed by atoms with Gasteiger partial charge in [0.05, 0.1) is 0 Å². The van der Waals surface area contributed by atoms with Gasteiger partial charge in [-0.1, -0.05) is 29.8 Å². The standard InChI is InChI=1S/C11H22BrNO/c1-4-10(5-2)13(3)11(14)8-6-7-9-12/h10H,4-9H2,1-3H3. The Hall–Kier alpha value is -0.0500. The Morgan fingerprint density at radius 3 is 2.29 bits per heavy atom. The molecule has 14 heavy (non-hydrogen) atoms. The second kappa shape index (κ2) is 8.27. The molecule has 0 spiro atoms. The molecule has 0 saturated carbocycles. The molecule has 0 aromatic rings. The molecule has 0 aliphatic rings. The van der Waals surface area contributed by atoms with Gasteiger partial charge in [0.15, 0.2) is 0 Å². The van der Waals surface area contributed by atoms with Crippen LogP contribution in [0, 0.1) is 0 Å². The predicted molar refractivity (Wildman–Crippen MR) is 64.8 cm³/mol. The maximum atomic E-state index is 11.7. The monoisotopic (exact) mass is 263 g/mol. The third-order valence-corrected chi connectivity index (χ3v) is 3.22. The van der Waals surface area contributed by atoms with Gasteiger partial charge in [-0.05, 0) is 25.7 Å². The number of rotatable bonds is 7. The maximum absolute atomic E-state index is 11.7. The van der Waals surface area contributed by atoms with Gasteiger partial charge in [-0.2, -0.15) is 0 Å². The van der Waals surface area contributed by atoms with Gasteiger partial charge in [0.1, 0.15) is 0 Å².